The predicted octanol–water partition coefficient (Wildman–Crippen LogP) is 2.89. The quantitative estimate of drug-likeness (QED) is 0.709. The van der Waals surface area contributed by atoms with Crippen LogP contribution in [0.4, 0.5) is 5.82 Å². The molecule has 0 amide bonds. The number of anilines is 1. The minimum Gasteiger partial charge on any atom is -0.393 e. The number of nitrogens with one attached hydrogen (secondary N) is 1. The van der Waals surface area contributed by atoms with Gasteiger partial charge in [-0.2, -0.15) is 0 Å². The minimum atomic E-state index is -0.171. The SMILES string of the molecule is OC1CC(c2cc(NCCc3csc(-c4ccncc4)n3)ncn2)C1. The van der Waals surface area contributed by atoms with Gasteiger partial charge in [-0.3, -0.25) is 4.98 Å². The molecule has 0 aromatic carbocycles. The average Bonchev–Trinajstić information content (AvgIpc) is 3.09. The number of aliphatic hydroxyl groups is 1. The number of pyridine rings is 1. The van der Waals surface area contributed by atoms with Gasteiger partial charge >= 0.3 is 0 Å². The fraction of sp³-hybridized carbons (Fsp3) is 0.333. The van der Waals surface area contributed by atoms with Crippen LogP contribution in [0.3, 0.4) is 0 Å². The summed E-state index contributed by atoms with van der Waals surface area (Å²) in [5.74, 6) is 1.19. The van der Waals surface area contributed by atoms with Gasteiger partial charge in [-0.15, -0.1) is 11.3 Å². The van der Waals surface area contributed by atoms with Gasteiger partial charge in [0.05, 0.1) is 11.8 Å². The molecule has 1 aliphatic carbocycles. The van der Waals surface area contributed by atoms with Crippen molar-refractivity contribution in [1.82, 2.24) is 19.9 Å². The summed E-state index contributed by atoms with van der Waals surface area (Å²) in [6.45, 7) is 0.767. The Kier molecular flexibility index (Phi) is 4.67. The van der Waals surface area contributed by atoms with Gasteiger partial charge in [-0.1, -0.05) is 0 Å². The number of aliphatic hydroxyl groups excluding tert-OH is 1. The molecule has 1 aliphatic rings. The van der Waals surface area contributed by atoms with Crippen molar-refractivity contribution in [2.45, 2.75) is 31.3 Å². The van der Waals surface area contributed by atoms with Gasteiger partial charge in [0.25, 0.3) is 0 Å². The molecule has 6 nitrogen and oxygen atoms in total. The van der Waals surface area contributed by atoms with Crippen molar-refractivity contribution in [2.75, 3.05) is 11.9 Å². The van der Waals surface area contributed by atoms with Crippen LogP contribution in [-0.2, 0) is 6.42 Å². The molecule has 3 heterocycles. The molecule has 0 unspecified atom stereocenters. The molecule has 2 N–H and O–H groups in total. The van der Waals surface area contributed by atoms with E-state index in [1.807, 2.05) is 18.2 Å². The van der Waals surface area contributed by atoms with Gasteiger partial charge in [0.2, 0.25) is 0 Å². The second kappa shape index (κ2) is 7.25. The number of aromatic nitrogens is 4. The van der Waals surface area contributed by atoms with Crippen LogP contribution in [0.25, 0.3) is 10.6 Å². The fourth-order valence-electron chi connectivity index (χ4n) is 2.89. The number of rotatable bonds is 6. The van der Waals surface area contributed by atoms with Crippen LogP contribution in [-0.4, -0.2) is 37.7 Å². The Morgan fingerprint density at radius 3 is 2.84 bits per heavy atom. The van der Waals surface area contributed by atoms with Crippen LogP contribution in [0.1, 0.15) is 30.1 Å². The van der Waals surface area contributed by atoms with E-state index in [1.165, 1.54) is 0 Å². The molecule has 3 aromatic heterocycles. The fourth-order valence-corrected chi connectivity index (χ4v) is 3.75. The van der Waals surface area contributed by atoms with Crippen LogP contribution in [0.2, 0.25) is 0 Å². The summed E-state index contributed by atoms with van der Waals surface area (Å²) in [7, 11) is 0. The lowest BCUT2D eigenvalue weighted by Crippen LogP contribution is -2.27. The van der Waals surface area contributed by atoms with Crippen molar-refractivity contribution in [3.8, 4) is 10.6 Å². The van der Waals surface area contributed by atoms with Crippen LogP contribution in [0, 0.1) is 0 Å². The molecule has 0 spiro atoms. The van der Waals surface area contributed by atoms with E-state index in [-0.39, 0.29) is 6.10 Å². The lowest BCUT2D eigenvalue weighted by Gasteiger charge is -2.30. The Morgan fingerprint density at radius 2 is 2.04 bits per heavy atom. The lowest BCUT2D eigenvalue weighted by atomic mass is 9.80. The first-order valence-corrected chi connectivity index (χ1v) is 9.24. The zero-order valence-electron chi connectivity index (χ0n) is 13.7. The minimum absolute atomic E-state index is 0.171. The summed E-state index contributed by atoms with van der Waals surface area (Å²) in [5, 5.41) is 15.9. The van der Waals surface area contributed by atoms with E-state index in [1.54, 1.807) is 30.1 Å². The maximum Gasteiger partial charge on any atom is 0.129 e. The molecule has 1 saturated carbocycles. The topological polar surface area (TPSA) is 83.8 Å². The predicted molar refractivity (Wildman–Crippen MR) is 97.6 cm³/mol. The molecular weight excluding hydrogens is 334 g/mol. The average molecular weight is 353 g/mol. The van der Waals surface area contributed by atoms with E-state index in [0.29, 0.717) is 5.92 Å². The third kappa shape index (κ3) is 3.83. The summed E-state index contributed by atoms with van der Waals surface area (Å²) in [4.78, 5) is 17.3. The Morgan fingerprint density at radius 1 is 1.20 bits per heavy atom. The van der Waals surface area contributed by atoms with Crippen LogP contribution in [0.15, 0.2) is 42.3 Å². The van der Waals surface area contributed by atoms with Gasteiger partial charge < -0.3 is 10.4 Å². The monoisotopic (exact) mass is 353 g/mol. The Balaban J connectivity index is 1.32. The molecule has 0 radical (unpaired) electrons. The second-order valence-electron chi connectivity index (χ2n) is 6.21. The highest BCUT2D eigenvalue weighted by atomic mass is 32.1. The van der Waals surface area contributed by atoms with Crippen LogP contribution in [0.5, 0.6) is 0 Å². The van der Waals surface area contributed by atoms with E-state index in [9.17, 15) is 5.11 Å². The number of thiazole rings is 1. The standard InChI is InChI=1S/C18H19N5OS/c24-15-7-13(8-15)16-9-17(22-11-21-16)20-6-3-14-10-25-18(23-14)12-1-4-19-5-2-12/h1-2,4-5,9-11,13,15,24H,3,6-8H2,(H,20,21,22). The molecule has 128 valence electrons. The summed E-state index contributed by atoms with van der Waals surface area (Å²) >= 11 is 1.65. The highest BCUT2D eigenvalue weighted by Gasteiger charge is 2.29. The number of hydrogen-bond acceptors (Lipinski definition) is 7. The molecule has 25 heavy (non-hydrogen) atoms. The van der Waals surface area contributed by atoms with E-state index in [4.69, 9.17) is 0 Å². The van der Waals surface area contributed by atoms with Gasteiger partial charge in [0.1, 0.15) is 17.2 Å². The lowest BCUT2D eigenvalue weighted by molar-refractivity contribution is 0.0732. The molecule has 0 aliphatic heterocycles. The molecule has 4 rings (SSSR count). The third-order valence-electron chi connectivity index (χ3n) is 4.39. The molecule has 0 saturated heterocycles. The zero-order chi connectivity index (χ0) is 17.1. The first-order chi connectivity index (χ1) is 12.3. The summed E-state index contributed by atoms with van der Waals surface area (Å²) in [6, 6.07) is 5.93. The third-order valence-corrected chi connectivity index (χ3v) is 5.33. The summed E-state index contributed by atoms with van der Waals surface area (Å²) in [5.41, 5.74) is 3.18. The second-order valence-corrected chi connectivity index (χ2v) is 7.07. The number of hydrogen-bond donors (Lipinski definition) is 2. The van der Waals surface area contributed by atoms with E-state index in [2.05, 4.69) is 30.6 Å². The first kappa shape index (κ1) is 16.1. The van der Waals surface area contributed by atoms with E-state index in [0.717, 1.165) is 53.6 Å². The molecule has 0 bridgehead atoms. The normalized spacial score (nSPS) is 19.4. The Labute approximate surface area is 150 Å². The highest BCUT2D eigenvalue weighted by Crippen LogP contribution is 2.35. The van der Waals surface area contributed by atoms with Crippen molar-refractivity contribution in [2.24, 2.45) is 0 Å². The van der Waals surface area contributed by atoms with E-state index < -0.39 is 0 Å². The molecular formula is C18H19N5OS. The molecule has 1 fully saturated rings. The van der Waals surface area contributed by atoms with Crippen molar-refractivity contribution in [3.63, 3.8) is 0 Å². The van der Waals surface area contributed by atoms with Crippen molar-refractivity contribution in [3.05, 3.63) is 53.7 Å². The largest absolute Gasteiger partial charge is 0.393 e. The first-order valence-electron chi connectivity index (χ1n) is 8.36. The van der Waals surface area contributed by atoms with Crippen molar-refractivity contribution in [1.29, 1.82) is 0 Å². The maximum absolute atomic E-state index is 9.43. The van der Waals surface area contributed by atoms with Gasteiger partial charge in [-0.05, 0) is 25.0 Å². The van der Waals surface area contributed by atoms with E-state index >= 15 is 0 Å². The van der Waals surface area contributed by atoms with Crippen LogP contribution < -0.4 is 5.32 Å². The number of nitrogens with zero attached hydrogens (tertiary/aromatic N) is 4. The maximum atomic E-state index is 9.43. The Hall–Kier alpha value is -2.38. The Bertz CT molecular complexity index is 832. The molecule has 7 heteroatoms. The smallest absolute Gasteiger partial charge is 0.129 e. The van der Waals surface area contributed by atoms with Crippen LogP contribution >= 0.6 is 11.3 Å². The zero-order valence-corrected chi connectivity index (χ0v) is 14.5. The summed E-state index contributed by atoms with van der Waals surface area (Å²) in [6.07, 6.45) is 7.42. The summed E-state index contributed by atoms with van der Waals surface area (Å²) < 4.78 is 0. The van der Waals surface area contributed by atoms with Gasteiger partial charge in [-0.25, -0.2) is 15.0 Å². The van der Waals surface area contributed by atoms with Crippen molar-refractivity contribution < 1.29 is 5.11 Å². The van der Waals surface area contributed by atoms with Crippen molar-refractivity contribution >= 4 is 17.2 Å². The molecule has 0 atom stereocenters. The highest BCUT2D eigenvalue weighted by molar-refractivity contribution is 7.13. The van der Waals surface area contributed by atoms with Gasteiger partial charge in [0, 0.05) is 54.0 Å². The van der Waals surface area contributed by atoms with Gasteiger partial charge in [0.15, 0.2) is 0 Å². The molecule has 3 aromatic rings.